The Morgan fingerprint density at radius 2 is 1.80 bits per heavy atom. The third-order valence-electron chi connectivity index (χ3n) is 6.29. The van der Waals surface area contributed by atoms with E-state index in [4.69, 9.17) is 0 Å². The molecule has 2 saturated heterocycles. The number of nitrogens with zero attached hydrogens (tertiary/aromatic N) is 3. The Morgan fingerprint density at radius 3 is 2.43 bits per heavy atom. The van der Waals surface area contributed by atoms with Gasteiger partial charge in [0.05, 0.1) is 0 Å². The standard InChI is InChI=1S/C23H25FN4O2/c1-26-23(30)27(18-12-13-25-14-18)21(28(26)22(29)17-10-11-17)16-8-6-15(7-9-16)19-4-2-3-5-20(19)24/h2-9,17-18,21,25H,10-14H2,1H3. The van der Waals surface area contributed by atoms with Crippen LogP contribution >= 0.6 is 0 Å². The molecule has 1 N–H and O–H groups in total. The minimum atomic E-state index is -0.477. The number of hydrogen-bond donors (Lipinski definition) is 1. The van der Waals surface area contributed by atoms with Crippen molar-refractivity contribution in [1.29, 1.82) is 0 Å². The van der Waals surface area contributed by atoms with Crippen molar-refractivity contribution in [3.05, 3.63) is 59.9 Å². The number of nitrogens with one attached hydrogen (secondary N) is 1. The van der Waals surface area contributed by atoms with Crippen molar-refractivity contribution in [1.82, 2.24) is 20.2 Å². The lowest BCUT2D eigenvalue weighted by Crippen LogP contribution is -2.43. The van der Waals surface area contributed by atoms with Crippen LogP contribution in [0.1, 0.15) is 31.0 Å². The van der Waals surface area contributed by atoms with Crippen LogP contribution in [0.2, 0.25) is 0 Å². The number of hydrazine groups is 1. The maximum atomic E-state index is 14.2. The Kier molecular flexibility index (Phi) is 4.70. The van der Waals surface area contributed by atoms with Crippen LogP contribution in [0.15, 0.2) is 48.5 Å². The molecule has 2 heterocycles. The molecule has 6 nitrogen and oxygen atoms in total. The van der Waals surface area contributed by atoms with Gasteiger partial charge in [-0.05, 0) is 43.0 Å². The summed E-state index contributed by atoms with van der Waals surface area (Å²) in [4.78, 5) is 28.1. The van der Waals surface area contributed by atoms with Gasteiger partial charge in [0.25, 0.3) is 0 Å². The zero-order chi connectivity index (χ0) is 20.8. The molecule has 30 heavy (non-hydrogen) atoms. The molecule has 7 heteroatoms. The van der Waals surface area contributed by atoms with E-state index in [0.29, 0.717) is 5.56 Å². The van der Waals surface area contributed by atoms with Crippen molar-refractivity contribution in [2.24, 2.45) is 5.92 Å². The minimum absolute atomic E-state index is 0.00194. The highest BCUT2D eigenvalue weighted by molar-refractivity contribution is 5.87. The summed E-state index contributed by atoms with van der Waals surface area (Å²) in [7, 11) is 1.67. The van der Waals surface area contributed by atoms with E-state index in [-0.39, 0.29) is 29.7 Å². The molecule has 3 fully saturated rings. The van der Waals surface area contributed by atoms with Gasteiger partial charge < -0.3 is 5.32 Å². The molecule has 0 aromatic heterocycles. The fraction of sp³-hybridized carbons (Fsp3) is 0.391. The first kappa shape index (κ1) is 19.1. The molecule has 156 valence electrons. The molecule has 0 radical (unpaired) electrons. The zero-order valence-electron chi connectivity index (χ0n) is 16.9. The van der Waals surface area contributed by atoms with E-state index >= 15 is 0 Å². The van der Waals surface area contributed by atoms with E-state index in [1.54, 1.807) is 24.2 Å². The number of carbonyl (C=O) groups is 2. The second-order valence-electron chi connectivity index (χ2n) is 8.29. The van der Waals surface area contributed by atoms with Crippen molar-refractivity contribution < 1.29 is 14.0 Å². The number of carbonyl (C=O) groups excluding carboxylic acids is 2. The van der Waals surface area contributed by atoms with Crippen molar-refractivity contribution in [2.45, 2.75) is 31.5 Å². The number of urea groups is 1. The maximum absolute atomic E-state index is 14.2. The highest BCUT2D eigenvalue weighted by Crippen LogP contribution is 2.41. The van der Waals surface area contributed by atoms with Crippen LogP contribution < -0.4 is 5.32 Å². The smallest absolute Gasteiger partial charge is 0.315 e. The Bertz CT molecular complexity index is 969. The number of halogens is 1. The maximum Gasteiger partial charge on any atom is 0.340 e. The zero-order valence-corrected chi connectivity index (χ0v) is 16.9. The topological polar surface area (TPSA) is 55.9 Å². The largest absolute Gasteiger partial charge is 0.340 e. The van der Waals surface area contributed by atoms with Gasteiger partial charge in [-0.25, -0.2) is 19.2 Å². The molecule has 3 aliphatic rings. The molecule has 0 spiro atoms. The van der Waals surface area contributed by atoms with Gasteiger partial charge in [-0.2, -0.15) is 0 Å². The first-order valence-electron chi connectivity index (χ1n) is 10.5. The van der Waals surface area contributed by atoms with Gasteiger partial charge >= 0.3 is 6.03 Å². The lowest BCUT2D eigenvalue weighted by molar-refractivity contribution is -0.147. The summed E-state index contributed by atoms with van der Waals surface area (Å²) in [6.45, 7) is 1.57. The second-order valence-corrected chi connectivity index (χ2v) is 8.29. The van der Waals surface area contributed by atoms with Gasteiger partial charge in [-0.15, -0.1) is 0 Å². The fourth-order valence-corrected chi connectivity index (χ4v) is 4.50. The normalized spacial score (nSPS) is 24.1. The van der Waals surface area contributed by atoms with Crippen LogP contribution in [0, 0.1) is 11.7 Å². The molecule has 2 aliphatic heterocycles. The number of hydrogen-bond acceptors (Lipinski definition) is 3. The monoisotopic (exact) mass is 408 g/mol. The highest BCUT2D eigenvalue weighted by atomic mass is 19.1. The van der Waals surface area contributed by atoms with Gasteiger partial charge in [0.2, 0.25) is 5.91 Å². The molecule has 1 aliphatic carbocycles. The molecule has 2 unspecified atom stereocenters. The van der Waals surface area contributed by atoms with Crippen LogP contribution in [-0.4, -0.2) is 53.0 Å². The van der Waals surface area contributed by atoms with Gasteiger partial charge in [-0.3, -0.25) is 9.69 Å². The molecule has 3 amide bonds. The molecular weight excluding hydrogens is 383 g/mol. The van der Waals surface area contributed by atoms with Crippen molar-refractivity contribution >= 4 is 11.9 Å². The van der Waals surface area contributed by atoms with Gasteiger partial charge in [-0.1, -0.05) is 42.5 Å². The lowest BCUT2D eigenvalue weighted by Gasteiger charge is -2.33. The number of rotatable bonds is 4. The summed E-state index contributed by atoms with van der Waals surface area (Å²) >= 11 is 0. The van der Waals surface area contributed by atoms with E-state index in [1.807, 2.05) is 35.2 Å². The Morgan fingerprint density at radius 1 is 1.07 bits per heavy atom. The average Bonchev–Trinajstić information content (AvgIpc) is 3.41. The van der Waals surface area contributed by atoms with E-state index in [0.717, 1.165) is 43.5 Å². The third kappa shape index (κ3) is 3.13. The molecular formula is C23H25FN4O2. The van der Waals surface area contributed by atoms with E-state index < -0.39 is 6.17 Å². The predicted molar refractivity (Wildman–Crippen MR) is 110 cm³/mol. The number of benzene rings is 2. The predicted octanol–water partition coefficient (Wildman–Crippen LogP) is 3.37. The van der Waals surface area contributed by atoms with Crippen molar-refractivity contribution in [2.75, 3.05) is 20.1 Å². The quantitative estimate of drug-likeness (QED) is 0.844. The highest BCUT2D eigenvalue weighted by Gasteiger charge is 2.51. The van der Waals surface area contributed by atoms with Crippen LogP contribution in [0.25, 0.3) is 11.1 Å². The SMILES string of the molecule is CN1C(=O)N(C2CCNC2)C(c2ccc(-c3ccccc3F)cc2)N1C(=O)C1CC1. The molecule has 0 bridgehead atoms. The Hall–Kier alpha value is -2.93. The summed E-state index contributed by atoms with van der Waals surface area (Å²) in [5.74, 6) is -0.269. The van der Waals surface area contributed by atoms with Crippen molar-refractivity contribution in [3.8, 4) is 11.1 Å². The second kappa shape index (κ2) is 7.40. The minimum Gasteiger partial charge on any atom is -0.315 e. The number of amides is 3. The summed E-state index contributed by atoms with van der Waals surface area (Å²) in [6.07, 6.45) is 2.13. The van der Waals surface area contributed by atoms with Crippen LogP contribution in [0.3, 0.4) is 0 Å². The third-order valence-corrected chi connectivity index (χ3v) is 6.29. The molecule has 5 rings (SSSR count). The molecule has 2 aromatic carbocycles. The first-order chi connectivity index (χ1) is 14.6. The first-order valence-corrected chi connectivity index (χ1v) is 10.5. The van der Waals surface area contributed by atoms with Crippen LogP contribution in [-0.2, 0) is 4.79 Å². The van der Waals surface area contributed by atoms with Crippen molar-refractivity contribution in [3.63, 3.8) is 0 Å². The molecule has 2 atom stereocenters. The molecule has 2 aromatic rings. The Labute approximate surface area is 175 Å². The van der Waals surface area contributed by atoms with Crippen LogP contribution in [0.4, 0.5) is 9.18 Å². The van der Waals surface area contributed by atoms with Gasteiger partial charge in [0, 0.05) is 31.1 Å². The van der Waals surface area contributed by atoms with Crippen LogP contribution in [0.5, 0.6) is 0 Å². The summed E-state index contributed by atoms with van der Waals surface area (Å²) < 4.78 is 14.2. The summed E-state index contributed by atoms with van der Waals surface area (Å²) in [5, 5.41) is 6.40. The van der Waals surface area contributed by atoms with E-state index in [9.17, 15) is 14.0 Å². The summed E-state index contributed by atoms with van der Waals surface area (Å²) in [5.41, 5.74) is 2.16. The Balaban J connectivity index is 1.53. The fourth-order valence-electron chi connectivity index (χ4n) is 4.50. The van der Waals surface area contributed by atoms with E-state index in [1.165, 1.54) is 11.1 Å². The lowest BCUT2D eigenvalue weighted by atomic mass is 10.0. The summed E-state index contributed by atoms with van der Waals surface area (Å²) in [6, 6.07) is 14.1. The van der Waals surface area contributed by atoms with E-state index in [2.05, 4.69) is 5.32 Å². The average molecular weight is 408 g/mol. The van der Waals surface area contributed by atoms with Gasteiger partial charge in [0.1, 0.15) is 5.82 Å². The molecule has 1 saturated carbocycles. The van der Waals surface area contributed by atoms with Gasteiger partial charge in [0.15, 0.2) is 6.17 Å².